The zero-order chi connectivity index (χ0) is 16.8. The third-order valence-electron chi connectivity index (χ3n) is 3.49. The Bertz CT molecular complexity index is 772. The number of benzene rings is 2. The second-order valence-corrected chi connectivity index (χ2v) is 5.20. The fourth-order valence-electron chi connectivity index (χ4n) is 2.31. The molecule has 0 saturated heterocycles. The van der Waals surface area contributed by atoms with Crippen LogP contribution in [0.4, 0.5) is 5.69 Å². The van der Waals surface area contributed by atoms with Gasteiger partial charge < -0.3 is 15.4 Å². The van der Waals surface area contributed by atoms with E-state index in [0.29, 0.717) is 36.8 Å². The van der Waals surface area contributed by atoms with Gasteiger partial charge in [0.1, 0.15) is 6.61 Å². The highest BCUT2D eigenvalue weighted by atomic mass is 16.5. The van der Waals surface area contributed by atoms with E-state index in [0.717, 1.165) is 5.56 Å². The number of amides is 2. The van der Waals surface area contributed by atoms with Crippen molar-refractivity contribution in [3.05, 3.63) is 65.7 Å². The lowest BCUT2D eigenvalue weighted by atomic mass is 10.1. The SMILES string of the molecule is O=C(NCc1ccccc1)C(=O)Nc1ccccc1C1=NCCO1. The maximum absolute atomic E-state index is 12.1. The summed E-state index contributed by atoms with van der Waals surface area (Å²) in [6.45, 7) is 1.41. The monoisotopic (exact) mass is 323 g/mol. The number of nitrogens with zero attached hydrogens (tertiary/aromatic N) is 1. The van der Waals surface area contributed by atoms with Crippen LogP contribution in [-0.4, -0.2) is 30.9 Å². The molecule has 0 radical (unpaired) electrons. The third-order valence-corrected chi connectivity index (χ3v) is 3.49. The number of hydrogen-bond donors (Lipinski definition) is 2. The van der Waals surface area contributed by atoms with Crippen LogP contribution in [-0.2, 0) is 20.9 Å². The standard InChI is InChI=1S/C18H17N3O3/c22-16(20-12-13-6-2-1-3-7-13)17(23)21-15-9-5-4-8-14(15)18-19-10-11-24-18/h1-9H,10-12H2,(H,20,22)(H,21,23). The number of hydrogen-bond acceptors (Lipinski definition) is 4. The van der Waals surface area contributed by atoms with Crippen molar-refractivity contribution < 1.29 is 14.3 Å². The smallest absolute Gasteiger partial charge is 0.313 e. The van der Waals surface area contributed by atoms with Crippen LogP contribution in [0.1, 0.15) is 11.1 Å². The molecule has 2 aromatic rings. The molecule has 0 aromatic heterocycles. The van der Waals surface area contributed by atoms with Gasteiger partial charge in [0.25, 0.3) is 0 Å². The Labute approximate surface area is 139 Å². The molecule has 0 atom stereocenters. The van der Waals surface area contributed by atoms with Gasteiger partial charge in [-0.25, -0.2) is 4.99 Å². The van der Waals surface area contributed by atoms with E-state index in [4.69, 9.17) is 4.74 Å². The predicted octanol–water partition coefficient (Wildman–Crippen LogP) is 1.72. The van der Waals surface area contributed by atoms with E-state index < -0.39 is 11.8 Å². The van der Waals surface area contributed by atoms with Gasteiger partial charge in [-0.15, -0.1) is 0 Å². The van der Waals surface area contributed by atoms with Gasteiger partial charge in [-0.3, -0.25) is 9.59 Å². The molecule has 6 nitrogen and oxygen atoms in total. The van der Waals surface area contributed by atoms with Crippen molar-refractivity contribution in [2.24, 2.45) is 4.99 Å². The molecule has 1 aliphatic heterocycles. The minimum absolute atomic E-state index is 0.296. The topological polar surface area (TPSA) is 79.8 Å². The number of para-hydroxylation sites is 1. The summed E-state index contributed by atoms with van der Waals surface area (Å²) in [4.78, 5) is 28.3. The van der Waals surface area contributed by atoms with Crippen molar-refractivity contribution in [3.63, 3.8) is 0 Å². The summed E-state index contributed by atoms with van der Waals surface area (Å²) < 4.78 is 5.43. The first-order valence-electron chi connectivity index (χ1n) is 7.64. The summed E-state index contributed by atoms with van der Waals surface area (Å²) in [6.07, 6.45) is 0. The number of aliphatic imine (C=N–C) groups is 1. The number of ether oxygens (including phenoxy) is 1. The maximum atomic E-state index is 12.1. The first-order chi connectivity index (χ1) is 11.7. The fraction of sp³-hybridized carbons (Fsp3) is 0.167. The lowest BCUT2D eigenvalue weighted by Crippen LogP contribution is -2.35. The van der Waals surface area contributed by atoms with Crippen LogP contribution >= 0.6 is 0 Å². The van der Waals surface area contributed by atoms with Gasteiger partial charge in [0.2, 0.25) is 5.90 Å². The summed E-state index contributed by atoms with van der Waals surface area (Å²) in [5, 5.41) is 5.21. The van der Waals surface area contributed by atoms with Crippen LogP contribution < -0.4 is 10.6 Å². The molecule has 2 N–H and O–H groups in total. The Kier molecular flexibility index (Phi) is 4.86. The summed E-state index contributed by atoms with van der Waals surface area (Å²) in [5.41, 5.74) is 2.09. The highest BCUT2D eigenvalue weighted by Crippen LogP contribution is 2.18. The van der Waals surface area contributed by atoms with E-state index >= 15 is 0 Å². The first-order valence-corrected chi connectivity index (χ1v) is 7.64. The summed E-state index contributed by atoms with van der Waals surface area (Å²) in [5.74, 6) is -0.935. The lowest BCUT2D eigenvalue weighted by molar-refractivity contribution is -0.136. The number of carbonyl (C=O) groups is 2. The molecule has 1 heterocycles. The van der Waals surface area contributed by atoms with Crippen molar-refractivity contribution >= 4 is 23.4 Å². The Morgan fingerprint density at radius 3 is 2.50 bits per heavy atom. The van der Waals surface area contributed by atoms with Gasteiger partial charge >= 0.3 is 11.8 Å². The van der Waals surface area contributed by atoms with Gasteiger partial charge in [0, 0.05) is 6.54 Å². The molecule has 2 aromatic carbocycles. The Morgan fingerprint density at radius 2 is 1.75 bits per heavy atom. The van der Waals surface area contributed by atoms with Crippen molar-refractivity contribution in [3.8, 4) is 0 Å². The maximum Gasteiger partial charge on any atom is 0.313 e. The molecule has 3 rings (SSSR count). The van der Waals surface area contributed by atoms with E-state index in [1.807, 2.05) is 36.4 Å². The van der Waals surface area contributed by atoms with Crippen molar-refractivity contribution in [1.82, 2.24) is 5.32 Å². The Balaban J connectivity index is 1.63. The number of nitrogens with one attached hydrogen (secondary N) is 2. The molecule has 6 heteroatoms. The summed E-state index contributed by atoms with van der Waals surface area (Å²) in [7, 11) is 0. The van der Waals surface area contributed by atoms with Crippen LogP contribution in [0.3, 0.4) is 0 Å². The zero-order valence-corrected chi connectivity index (χ0v) is 13.0. The molecule has 0 fully saturated rings. The highest BCUT2D eigenvalue weighted by Gasteiger charge is 2.18. The van der Waals surface area contributed by atoms with E-state index in [-0.39, 0.29) is 0 Å². The van der Waals surface area contributed by atoms with Gasteiger partial charge in [-0.05, 0) is 17.7 Å². The van der Waals surface area contributed by atoms with Crippen molar-refractivity contribution in [1.29, 1.82) is 0 Å². The number of rotatable bonds is 4. The molecule has 122 valence electrons. The van der Waals surface area contributed by atoms with Gasteiger partial charge in [-0.1, -0.05) is 42.5 Å². The minimum Gasteiger partial charge on any atom is -0.475 e. The Morgan fingerprint density at radius 1 is 1.00 bits per heavy atom. The Hall–Kier alpha value is -3.15. The molecule has 0 spiro atoms. The molecule has 0 saturated carbocycles. The average molecular weight is 323 g/mol. The largest absolute Gasteiger partial charge is 0.475 e. The van der Waals surface area contributed by atoms with E-state index in [2.05, 4.69) is 15.6 Å². The molecular formula is C18H17N3O3. The molecule has 24 heavy (non-hydrogen) atoms. The lowest BCUT2D eigenvalue weighted by Gasteiger charge is -2.11. The number of carbonyl (C=O) groups excluding carboxylic acids is 2. The van der Waals surface area contributed by atoms with Gasteiger partial charge in [0.15, 0.2) is 0 Å². The van der Waals surface area contributed by atoms with Crippen molar-refractivity contribution in [2.75, 3.05) is 18.5 Å². The molecule has 1 aliphatic rings. The van der Waals surface area contributed by atoms with E-state index in [1.54, 1.807) is 18.2 Å². The second-order valence-electron chi connectivity index (χ2n) is 5.20. The minimum atomic E-state index is -0.725. The van der Waals surface area contributed by atoms with Crippen LogP contribution in [0.2, 0.25) is 0 Å². The normalized spacial score (nSPS) is 12.9. The molecule has 2 amide bonds. The highest BCUT2D eigenvalue weighted by molar-refractivity contribution is 6.40. The van der Waals surface area contributed by atoms with E-state index in [1.165, 1.54) is 0 Å². The van der Waals surface area contributed by atoms with E-state index in [9.17, 15) is 9.59 Å². The van der Waals surface area contributed by atoms with Crippen LogP contribution in [0.25, 0.3) is 0 Å². The first kappa shape index (κ1) is 15.7. The zero-order valence-electron chi connectivity index (χ0n) is 13.0. The molecule has 0 aliphatic carbocycles. The number of anilines is 1. The fourth-order valence-corrected chi connectivity index (χ4v) is 2.31. The summed E-state index contributed by atoms with van der Waals surface area (Å²) in [6, 6.07) is 16.5. The predicted molar refractivity (Wildman–Crippen MR) is 90.7 cm³/mol. The van der Waals surface area contributed by atoms with Crippen LogP contribution in [0.15, 0.2) is 59.6 Å². The van der Waals surface area contributed by atoms with Crippen LogP contribution in [0, 0.1) is 0 Å². The van der Waals surface area contributed by atoms with Gasteiger partial charge in [0.05, 0.1) is 17.8 Å². The average Bonchev–Trinajstić information content (AvgIpc) is 3.15. The van der Waals surface area contributed by atoms with Gasteiger partial charge in [-0.2, -0.15) is 0 Å². The second kappa shape index (κ2) is 7.41. The quantitative estimate of drug-likeness (QED) is 0.841. The molecule has 0 unspecified atom stereocenters. The summed E-state index contributed by atoms with van der Waals surface area (Å²) >= 11 is 0. The third kappa shape index (κ3) is 3.78. The van der Waals surface area contributed by atoms with Crippen LogP contribution in [0.5, 0.6) is 0 Å². The molecular weight excluding hydrogens is 306 g/mol. The van der Waals surface area contributed by atoms with Crippen molar-refractivity contribution in [2.45, 2.75) is 6.54 Å². The molecule has 0 bridgehead atoms.